The minimum absolute atomic E-state index is 0.0857. The number of para-hydroxylation sites is 4. The van der Waals surface area contributed by atoms with Gasteiger partial charge in [-0.05, 0) is 178 Å². The second-order valence-electron chi connectivity index (χ2n) is 37.7. The molecule has 11 aromatic carbocycles. The Morgan fingerprint density at radius 3 is 1.09 bits per heavy atom. The molecule has 716 valence electrons. The number of aromatic nitrogens is 4. The van der Waals surface area contributed by atoms with E-state index in [0.29, 0.717) is 74.7 Å². The summed E-state index contributed by atoms with van der Waals surface area (Å²) in [6.07, 6.45) is 3.40. The number of pyridine rings is 4. The number of ether oxygens (including phenoxy) is 5. The molecular weight excluding hydrogens is 1810 g/mol. The first-order valence-electron chi connectivity index (χ1n) is 46.9. The van der Waals surface area contributed by atoms with Crippen LogP contribution in [0.5, 0.6) is 23.0 Å². The van der Waals surface area contributed by atoms with Gasteiger partial charge in [-0.15, -0.1) is 0 Å². The highest BCUT2D eigenvalue weighted by atomic mass is 19.1. The van der Waals surface area contributed by atoms with E-state index >= 15 is 13.2 Å². The molecule has 4 unspecified atom stereocenters. The fraction of sp³-hybridized carbons (Fsp3) is 0.239. The maximum absolute atomic E-state index is 15.2. The molecule has 4 spiro atoms. The lowest BCUT2D eigenvalue weighted by Gasteiger charge is -2.20. The zero-order valence-electron chi connectivity index (χ0n) is 77.3. The lowest BCUT2D eigenvalue weighted by molar-refractivity contribution is -0.145. The van der Waals surface area contributed by atoms with Crippen molar-refractivity contribution < 1.29 is 90.7 Å². The minimum atomic E-state index is -0.959. The lowest BCUT2D eigenvalue weighted by atomic mass is 9.95. The van der Waals surface area contributed by atoms with Gasteiger partial charge in [-0.3, -0.25) is 53.8 Å². The number of rotatable bonds is 23. The Bertz CT molecular complexity index is 7520. The van der Waals surface area contributed by atoms with E-state index < -0.39 is 92.7 Å². The van der Waals surface area contributed by atoms with E-state index in [1.165, 1.54) is 25.3 Å². The van der Waals surface area contributed by atoms with Gasteiger partial charge in [0.1, 0.15) is 32.2 Å². The number of benzene rings is 11. The molecule has 4 aliphatic carbocycles. The third kappa shape index (κ3) is 18.3. The van der Waals surface area contributed by atoms with Crippen LogP contribution in [0.2, 0.25) is 0 Å². The van der Waals surface area contributed by atoms with Crippen LogP contribution in [-0.4, -0.2) is 102 Å². The van der Waals surface area contributed by atoms with Crippen LogP contribution >= 0.6 is 0 Å². The average molecular weight is 1910 g/mol. The van der Waals surface area contributed by atoms with Crippen LogP contribution in [0.15, 0.2) is 291 Å². The van der Waals surface area contributed by atoms with Gasteiger partial charge in [0.15, 0.2) is 34.7 Å². The number of aliphatic carboxylic acids is 1. The molecule has 0 bridgehead atoms. The topological polar surface area (TPSA) is 358 Å². The predicted octanol–water partition coefficient (Wildman–Crippen LogP) is 18.9. The van der Waals surface area contributed by atoms with Gasteiger partial charge >= 0.3 is 11.9 Å². The number of likely N-dealkylation sites (tertiary alicyclic amines) is 1. The van der Waals surface area contributed by atoms with E-state index in [1.807, 2.05) is 244 Å². The number of nitrogens with one attached hydrogen (secondary N) is 5. The number of hydrogen-bond acceptors (Lipinski definition) is 19. The third-order valence-electron chi connectivity index (χ3n) is 29.1. The monoisotopic (exact) mass is 1910 g/mol. The lowest BCUT2D eigenvalue weighted by Crippen LogP contribution is -2.28. The molecule has 8 fully saturated rings. The van der Waals surface area contributed by atoms with E-state index in [4.69, 9.17) is 49.1 Å². The second-order valence-corrected chi connectivity index (χ2v) is 37.7. The number of amides is 6. The number of esters is 1. The Morgan fingerprint density at radius 2 is 0.711 bits per heavy atom. The number of fused-ring (bicyclic) bond motifs is 4. The summed E-state index contributed by atoms with van der Waals surface area (Å²) in [6.45, 7) is 2.89. The summed E-state index contributed by atoms with van der Waals surface area (Å²) in [7, 11) is 3.04. The molecular formula is C113H97F3N10O16. The van der Waals surface area contributed by atoms with E-state index in [9.17, 15) is 43.5 Å². The first-order chi connectivity index (χ1) is 68.8. The van der Waals surface area contributed by atoms with E-state index in [0.717, 1.165) is 117 Å². The summed E-state index contributed by atoms with van der Waals surface area (Å²) in [6, 6.07) is 89.5. The van der Waals surface area contributed by atoms with Gasteiger partial charge in [-0.25, -0.2) is 39.1 Å². The molecule has 15 aromatic rings. The number of carboxylic acids is 1. The molecule has 4 aromatic heterocycles. The first kappa shape index (κ1) is 93.4. The van der Waals surface area contributed by atoms with Crippen LogP contribution in [0, 0.1) is 69.7 Å². The van der Waals surface area contributed by atoms with Crippen LogP contribution in [0.4, 0.5) is 13.2 Å². The minimum Gasteiger partial charge on any atom is -0.489 e. The molecule has 23 rings (SSSR count). The normalized spacial score (nSPS) is 22.7. The molecule has 4 saturated heterocycles. The summed E-state index contributed by atoms with van der Waals surface area (Å²) in [5, 5.41) is 39.6. The van der Waals surface area contributed by atoms with Gasteiger partial charge in [0.2, 0.25) is 35.4 Å². The number of halogens is 3. The maximum atomic E-state index is 15.2. The quantitative estimate of drug-likeness (QED) is 0.0167. The fourth-order valence-electron chi connectivity index (χ4n) is 21.0. The molecule has 4 saturated carbocycles. The van der Waals surface area contributed by atoms with Gasteiger partial charge < -0.3 is 49.6 Å². The Labute approximate surface area is 813 Å². The van der Waals surface area contributed by atoms with Gasteiger partial charge in [-0.1, -0.05) is 194 Å². The fourth-order valence-corrected chi connectivity index (χ4v) is 21.0. The molecule has 8 aliphatic rings. The Kier molecular flexibility index (Phi) is 25.3. The summed E-state index contributed by atoms with van der Waals surface area (Å²) < 4.78 is 74.0. The van der Waals surface area contributed by atoms with Crippen molar-refractivity contribution >= 4 is 91.0 Å². The van der Waals surface area contributed by atoms with Crippen molar-refractivity contribution in [2.45, 2.75) is 109 Å². The number of nitrogens with zero attached hydrogens (tertiary/aromatic N) is 5. The zero-order valence-corrected chi connectivity index (χ0v) is 77.3. The largest absolute Gasteiger partial charge is 0.489 e. The van der Waals surface area contributed by atoms with Crippen molar-refractivity contribution in [2.75, 3.05) is 14.2 Å². The predicted molar refractivity (Wildman–Crippen MR) is 519 cm³/mol. The summed E-state index contributed by atoms with van der Waals surface area (Å²) in [5.74, 6) is -5.66. The molecule has 26 nitrogen and oxygen atoms in total. The van der Waals surface area contributed by atoms with Gasteiger partial charge in [0, 0.05) is 73.2 Å². The van der Waals surface area contributed by atoms with Crippen molar-refractivity contribution in [3.8, 4) is 56.8 Å². The molecule has 29 heteroatoms. The first-order valence-corrected chi connectivity index (χ1v) is 46.9. The van der Waals surface area contributed by atoms with Gasteiger partial charge in [-0.2, -0.15) is 0 Å². The molecule has 12 atom stereocenters. The number of aryl methyl sites for hydroxylation is 1. The molecule has 8 heterocycles. The van der Waals surface area contributed by atoms with Crippen molar-refractivity contribution in [2.24, 2.45) is 45.3 Å². The highest BCUT2D eigenvalue weighted by Gasteiger charge is 2.71. The smallest absolute Gasteiger partial charge is 0.309 e. The summed E-state index contributed by atoms with van der Waals surface area (Å²) in [5.41, 5.74) is 16.6. The molecule has 4 aliphatic heterocycles. The number of hydrogen-bond donors (Lipinski definition) is 8. The molecule has 0 radical (unpaired) electrons. The van der Waals surface area contributed by atoms with Gasteiger partial charge in [0.25, 0.3) is 0 Å². The highest BCUT2D eigenvalue weighted by Crippen LogP contribution is 2.66. The van der Waals surface area contributed by atoms with Gasteiger partial charge in [0.05, 0.1) is 116 Å². The van der Waals surface area contributed by atoms with Crippen LogP contribution in [0.3, 0.4) is 0 Å². The Hall–Kier alpha value is -16.3. The maximum Gasteiger partial charge on any atom is 0.309 e. The standard InChI is InChI=1S/C31H27FN2O4.C29H24FN3O4.C29H23FN2O4.C24H23N3O4/c1-34-27(17-31(30(34)36)16-23(31)29(35)37-2)20-12-13-28(24(32)14-20)38-18-21-15-26(19-8-4-3-5-9-19)33-25-11-7-6-10-22(21)25;30-22-12-18(25-15-29(28(35)32-25)14-21(29)27(34)33-36)10-11-26(22)37-16-19-13-24(17-6-2-1-3-7-17)31-23-9-5-4-8-20(19)23;30-22-12-18(25-15-29(28(35)32-25)14-21(29)27(33)34)10-11-26(22)36-16-19-13-24(17-6-2-1-3-7-17)31-23-9-5-4-8-20(19)23;1-14-10-16(18-4-2-3-5-20(18)25-14)13-31-17-8-6-15(7-9-17)21-12-24(23(29)26-21)11-19(24)22(28)27-30/h3-15,23,27H,16-18H2,1-2H3;1-13,21,25,36H,14-16H2,(H,32,35)(H,33,34);1-13,21,25H,14-16H2,(H,32,35)(H,33,34);2-10,19,21,30H,11-13H2,1H3,(H,26,29)(H,27,28)/t23-,27?,31-;2*21-,25?,29-;19-,21?,24-/m1111/s1. The number of carboxylic acid groups (broad SMARTS) is 1. The number of methoxy groups -OCH3 is 1. The Balaban J connectivity index is 0.000000116. The van der Waals surface area contributed by atoms with Crippen molar-refractivity contribution in [3.63, 3.8) is 0 Å². The van der Waals surface area contributed by atoms with Crippen LogP contribution in [0.1, 0.15) is 126 Å². The third-order valence-corrected chi connectivity index (χ3v) is 29.1. The number of carbonyl (C=O) groups is 8. The van der Waals surface area contributed by atoms with Crippen molar-refractivity contribution in [1.29, 1.82) is 0 Å². The second kappa shape index (κ2) is 38.5. The van der Waals surface area contributed by atoms with Crippen LogP contribution in [0.25, 0.3) is 77.4 Å². The van der Waals surface area contributed by atoms with Crippen molar-refractivity contribution in [1.82, 2.24) is 51.7 Å². The number of hydroxylamine groups is 2. The molecule has 142 heavy (non-hydrogen) atoms. The zero-order chi connectivity index (χ0) is 98.5. The Morgan fingerprint density at radius 1 is 0.380 bits per heavy atom. The SMILES string of the molecule is COC(=O)[C@H]1C[C@@]12CC(c1ccc(OCc3cc(-c4ccccc4)nc4ccccc34)c(F)c1)N(C)C2=O.Cc1cc(COc2ccc(C3C[C@@]4(C[C@@H]4C(=O)NO)C(=O)N3)cc2)c2ccccc2n1.O=C(NO)[C@H]1C[C@@]12CC(c1ccc(OCc3cc(-c4ccccc4)nc4ccccc34)c(F)c1)NC2=O.O=C(O)[C@H]1C[C@@]12CC(c1ccc(OCc3cc(-c4ccccc4)nc4ccccc34)c(F)c1)NC2=O. The molecule has 8 N–H and O–H groups in total. The summed E-state index contributed by atoms with van der Waals surface area (Å²) >= 11 is 0. The van der Waals surface area contributed by atoms with E-state index in [-0.39, 0.29) is 78.8 Å². The average Bonchev–Trinajstić information content (AvgIpc) is 1.53. The molecule has 6 amide bonds. The van der Waals surface area contributed by atoms with Crippen molar-refractivity contribution in [3.05, 3.63) is 359 Å². The number of carbonyl (C=O) groups excluding carboxylic acids is 7. The highest BCUT2D eigenvalue weighted by molar-refractivity contribution is 6.00. The van der Waals surface area contributed by atoms with E-state index in [1.54, 1.807) is 59.3 Å². The summed E-state index contributed by atoms with van der Waals surface area (Å²) in [4.78, 5) is 118. The van der Waals surface area contributed by atoms with Crippen LogP contribution < -0.4 is 45.9 Å². The van der Waals surface area contributed by atoms with Crippen LogP contribution in [-0.2, 0) is 69.5 Å². The van der Waals surface area contributed by atoms with E-state index in [2.05, 4.69) is 20.9 Å².